The molecule has 0 amide bonds. The third kappa shape index (κ3) is 3.73. The number of halogens is 4. The third-order valence-electron chi connectivity index (χ3n) is 4.50. The van der Waals surface area contributed by atoms with Gasteiger partial charge in [0, 0.05) is 17.3 Å². The van der Waals surface area contributed by atoms with E-state index >= 15 is 0 Å². The number of benzene rings is 2. The van der Waals surface area contributed by atoms with E-state index in [2.05, 4.69) is 19.7 Å². The highest BCUT2D eigenvalue weighted by atomic mass is 35.5. The predicted octanol–water partition coefficient (Wildman–Crippen LogP) is 5.75. The van der Waals surface area contributed by atoms with Crippen molar-refractivity contribution in [3.8, 4) is 22.6 Å². The standard InChI is InChI=1S/C21H13ClF3N3O2/c1-30-20(29)13-8-15(22)18(26-10-13)11-2-4-12(5-3-11)19-27-16-7-6-14(21(23,24)25)9-17(16)28-19/h2-10H,1H3,(H,27,28). The number of carbonyl (C=O) groups is 1. The van der Waals surface area contributed by atoms with Crippen molar-refractivity contribution < 1.29 is 22.7 Å². The maximum atomic E-state index is 12.9. The summed E-state index contributed by atoms with van der Waals surface area (Å²) in [6.07, 6.45) is -3.05. The predicted molar refractivity (Wildman–Crippen MR) is 106 cm³/mol. The van der Waals surface area contributed by atoms with Crippen molar-refractivity contribution >= 4 is 28.6 Å². The number of fused-ring (bicyclic) bond motifs is 1. The first kappa shape index (κ1) is 19.9. The topological polar surface area (TPSA) is 67.9 Å². The fraction of sp³-hybridized carbons (Fsp3) is 0.0952. The molecule has 0 aliphatic rings. The Hall–Kier alpha value is -3.39. The summed E-state index contributed by atoms with van der Waals surface area (Å²) in [5, 5.41) is 0.286. The summed E-state index contributed by atoms with van der Waals surface area (Å²) < 4.78 is 43.3. The molecule has 0 atom stereocenters. The minimum Gasteiger partial charge on any atom is -0.465 e. The third-order valence-corrected chi connectivity index (χ3v) is 4.79. The summed E-state index contributed by atoms with van der Waals surface area (Å²) in [5.74, 6) is -0.0965. The molecule has 9 heteroatoms. The molecule has 4 aromatic rings. The molecule has 0 bridgehead atoms. The molecule has 152 valence electrons. The Morgan fingerprint density at radius 1 is 1.07 bits per heavy atom. The van der Waals surface area contributed by atoms with Crippen LogP contribution in [0.25, 0.3) is 33.7 Å². The summed E-state index contributed by atoms with van der Waals surface area (Å²) in [5.41, 5.74) is 2.11. The number of aromatic amines is 1. The van der Waals surface area contributed by atoms with Gasteiger partial charge >= 0.3 is 12.1 Å². The molecule has 2 aromatic carbocycles. The second kappa shape index (κ2) is 7.46. The number of rotatable bonds is 3. The van der Waals surface area contributed by atoms with Gasteiger partial charge in [0.15, 0.2) is 0 Å². The molecule has 0 spiro atoms. The molecule has 4 rings (SSSR count). The van der Waals surface area contributed by atoms with Crippen molar-refractivity contribution in [1.29, 1.82) is 0 Å². The van der Waals surface area contributed by atoms with Crippen molar-refractivity contribution in [2.75, 3.05) is 7.11 Å². The minimum atomic E-state index is -4.42. The smallest absolute Gasteiger partial charge is 0.416 e. The number of H-pyrrole nitrogens is 1. The van der Waals surface area contributed by atoms with E-state index < -0.39 is 17.7 Å². The number of aromatic nitrogens is 3. The van der Waals surface area contributed by atoms with Gasteiger partial charge in [0.05, 0.1) is 40.0 Å². The molecule has 1 N–H and O–H groups in total. The Kier molecular flexibility index (Phi) is 4.95. The van der Waals surface area contributed by atoms with Crippen LogP contribution in [0, 0.1) is 0 Å². The average Bonchev–Trinajstić information content (AvgIpc) is 3.16. The van der Waals surface area contributed by atoms with E-state index in [1.54, 1.807) is 24.3 Å². The number of alkyl halides is 3. The van der Waals surface area contributed by atoms with Crippen LogP contribution in [0.5, 0.6) is 0 Å². The molecule has 0 aliphatic carbocycles. The highest BCUT2D eigenvalue weighted by molar-refractivity contribution is 6.33. The number of hydrogen-bond acceptors (Lipinski definition) is 4. The van der Waals surface area contributed by atoms with Crippen molar-refractivity contribution in [3.63, 3.8) is 0 Å². The van der Waals surface area contributed by atoms with Crippen LogP contribution in [-0.2, 0) is 10.9 Å². The Balaban J connectivity index is 1.65. The van der Waals surface area contributed by atoms with Gasteiger partial charge in [0.25, 0.3) is 0 Å². The van der Waals surface area contributed by atoms with Gasteiger partial charge in [-0.1, -0.05) is 35.9 Å². The normalized spacial score (nSPS) is 11.6. The highest BCUT2D eigenvalue weighted by Gasteiger charge is 2.30. The number of ether oxygens (including phenoxy) is 1. The molecular weight excluding hydrogens is 419 g/mol. The van der Waals surface area contributed by atoms with Crippen LogP contribution in [0.3, 0.4) is 0 Å². The second-order valence-corrected chi connectivity index (χ2v) is 6.85. The van der Waals surface area contributed by atoms with Gasteiger partial charge in [-0.25, -0.2) is 9.78 Å². The molecular formula is C21H13ClF3N3O2. The number of nitrogens with zero attached hydrogens (tertiary/aromatic N) is 2. The van der Waals surface area contributed by atoms with E-state index in [4.69, 9.17) is 11.6 Å². The van der Waals surface area contributed by atoms with Gasteiger partial charge < -0.3 is 9.72 Å². The van der Waals surface area contributed by atoms with Crippen LogP contribution in [0.15, 0.2) is 54.7 Å². The number of pyridine rings is 1. The zero-order chi connectivity index (χ0) is 21.5. The van der Waals surface area contributed by atoms with Crippen LogP contribution < -0.4 is 0 Å². The van der Waals surface area contributed by atoms with Crippen LogP contribution in [0.1, 0.15) is 15.9 Å². The monoisotopic (exact) mass is 431 g/mol. The molecule has 0 saturated heterocycles. The number of imidazole rings is 1. The lowest BCUT2D eigenvalue weighted by atomic mass is 10.1. The lowest BCUT2D eigenvalue weighted by molar-refractivity contribution is -0.137. The van der Waals surface area contributed by atoms with Gasteiger partial charge in [-0.15, -0.1) is 0 Å². The number of hydrogen-bond donors (Lipinski definition) is 1. The van der Waals surface area contributed by atoms with E-state index in [-0.39, 0.29) is 10.6 Å². The largest absolute Gasteiger partial charge is 0.465 e. The first-order chi connectivity index (χ1) is 14.3. The zero-order valence-corrected chi connectivity index (χ0v) is 16.2. The second-order valence-electron chi connectivity index (χ2n) is 6.44. The van der Waals surface area contributed by atoms with Gasteiger partial charge in [-0.3, -0.25) is 4.98 Å². The van der Waals surface area contributed by atoms with Gasteiger partial charge in [-0.05, 0) is 24.3 Å². The van der Waals surface area contributed by atoms with Crippen molar-refractivity contribution in [2.24, 2.45) is 0 Å². The van der Waals surface area contributed by atoms with Crippen molar-refractivity contribution in [1.82, 2.24) is 15.0 Å². The molecule has 30 heavy (non-hydrogen) atoms. The Labute approximate surface area is 173 Å². The molecule has 0 saturated carbocycles. The van der Waals surface area contributed by atoms with Crippen molar-refractivity contribution in [3.05, 3.63) is 70.9 Å². The van der Waals surface area contributed by atoms with Crippen molar-refractivity contribution in [2.45, 2.75) is 6.18 Å². The molecule has 0 unspecified atom stereocenters. The SMILES string of the molecule is COC(=O)c1cnc(-c2ccc(-c3nc4ccc(C(F)(F)F)cc4[nH]3)cc2)c(Cl)c1. The van der Waals surface area contributed by atoms with Crippen LogP contribution in [0.2, 0.25) is 5.02 Å². The summed E-state index contributed by atoms with van der Waals surface area (Å²) in [6, 6.07) is 11.9. The quantitative estimate of drug-likeness (QED) is 0.419. The van der Waals surface area contributed by atoms with Gasteiger partial charge in [-0.2, -0.15) is 13.2 Å². The first-order valence-electron chi connectivity index (χ1n) is 8.68. The molecule has 0 aliphatic heterocycles. The fourth-order valence-corrected chi connectivity index (χ4v) is 3.26. The highest BCUT2D eigenvalue weighted by Crippen LogP contribution is 2.32. The lowest BCUT2D eigenvalue weighted by Crippen LogP contribution is -2.04. The molecule has 2 aromatic heterocycles. The Morgan fingerprint density at radius 3 is 2.40 bits per heavy atom. The van der Waals surface area contributed by atoms with E-state index in [1.165, 1.54) is 25.4 Å². The van der Waals surface area contributed by atoms with E-state index in [9.17, 15) is 18.0 Å². The fourth-order valence-electron chi connectivity index (χ4n) is 2.99. The number of esters is 1. The molecule has 5 nitrogen and oxygen atoms in total. The first-order valence-corrected chi connectivity index (χ1v) is 9.05. The van der Waals surface area contributed by atoms with E-state index in [0.29, 0.717) is 33.7 Å². The molecule has 0 fully saturated rings. The summed E-state index contributed by atoms with van der Waals surface area (Å²) in [6.45, 7) is 0. The maximum Gasteiger partial charge on any atom is 0.416 e. The van der Waals surface area contributed by atoms with E-state index in [0.717, 1.165) is 12.1 Å². The average molecular weight is 432 g/mol. The molecule has 0 radical (unpaired) electrons. The number of methoxy groups -OCH3 is 1. The van der Waals surface area contributed by atoms with Crippen LogP contribution in [-0.4, -0.2) is 28.0 Å². The minimum absolute atomic E-state index is 0.239. The number of nitrogens with one attached hydrogen (secondary N) is 1. The summed E-state index contributed by atoms with van der Waals surface area (Å²) in [7, 11) is 1.27. The van der Waals surface area contributed by atoms with Crippen LogP contribution in [0.4, 0.5) is 13.2 Å². The van der Waals surface area contributed by atoms with E-state index in [1.807, 2.05) is 0 Å². The summed E-state index contributed by atoms with van der Waals surface area (Å²) in [4.78, 5) is 23.1. The van der Waals surface area contributed by atoms with Crippen LogP contribution >= 0.6 is 11.6 Å². The van der Waals surface area contributed by atoms with Gasteiger partial charge in [0.2, 0.25) is 0 Å². The lowest BCUT2D eigenvalue weighted by Gasteiger charge is -2.06. The summed E-state index contributed by atoms with van der Waals surface area (Å²) >= 11 is 6.25. The Bertz CT molecular complexity index is 1250. The maximum absolute atomic E-state index is 12.9. The van der Waals surface area contributed by atoms with Gasteiger partial charge in [0.1, 0.15) is 5.82 Å². The zero-order valence-electron chi connectivity index (χ0n) is 15.4. The Morgan fingerprint density at radius 2 is 1.77 bits per heavy atom. The molecule has 2 heterocycles. The number of carbonyl (C=O) groups excluding carboxylic acids is 1.